The van der Waals surface area contributed by atoms with Crippen molar-refractivity contribution in [2.24, 2.45) is 0 Å². The summed E-state index contributed by atoms with van der Waals surface area (Å²) in [5.41, 5.74) is 6.91. The molecule has 0 bridgehead atoms. The highest BCUT2D eigenvalue weighted by Crippen LogP contribution is 2.33. The predicted molar refractivity (Wildman–Crippen MR) is 79.2 cm³/mol. The van der Waals surface area contributed by atoms with Gasteiger partial charge in [0.05, 0.1) is 12.9 Å². The summed E-state index contributed by atoms with van der Waals surface area (Å²) in [4.78, 5) is 30.1. The van der Waals surface area contributed by atoms with Gasteiger partial charge in [0, 0.05) is 12.6 Å². The van der Waals surface area contributed by atoms with Crippen LogP contribution in [0.2, 0.25) is 0 Å². The number of aromatic nitrogens is 4. The SMILES string of the molecule is Nc1nc(NC2CC2)c2ncn(CCOCP(=O)(O)O)c2n1. The molecule has 0 radical (unpaired) electrons. The van der Waals surface area contributed by atoms with Crippen molar-refractivity contribution in [1.82, 2.24) is 19.5 Å². The zero-order chi connectivity index (χ0) is 15.7. The molecule has 22 heavy (non-hydrogen) atoms. The molecule has 2 heterocycles. The number of nitrogens with zero attached hydrogens (tertiary/aromatic N) is 4. The Morgan fingerprint density at radius 2 is 2.23 bits per heavy atom. The number of imidazole rings is 1. The van der Waals surface area contributed by atoms with Crippen LogP contribution in [-0.2, 0) is 15.8 Å². The number of nitrogens with two attached hydrogens (primary N) is 1. The molecule has 120 valence electrons. The molecule has 11 heteroatoms. The lowest BCUT2D eigenvalue weighted by Gasteiger charge is -2.08. The van der Waals surface area contributed by atoms with E-state index in [0.717, 1.165) is 12.8 Å². The molecule has 0 spiro atoms. The zero-order valence-corrected chi connectivity index (χ0v) is 12.6. The van der Waals surface area contributed by atoms with Crippen molar-refractivity contribution >= 4 is 30.5 Å². The lowest BCUT2D eigenvalue weighted by atomic mass is 10.4. The molecule has 3 rings (SSSR count). The van der Waals surface area contributed by atoms with Gasteiger partial charge >= 0.3 is 7.60 Å². The van der Waals surface area contributed by atoms with E-state index in [1.165, 1.54) is 0 Å². The summed E-state index contributed by atoms with van der Waals surface area (Å²) < 4.78 is 17.4. The van der Waals surface area contributed by atoms with Gasteiger partial charge in [-0.05, 0) is 12.8 Å². The van der Waals surface area contributed by atoms with E-state index >= 15 is 0 Å². The Bertz CT molecular complexity index is 725. The van der Waals surface area contributed by atoms with E-state index in [1.54, 1.807) is 10.9 Å². The maximum Gasteiger partial charge on any atom is 0.350 e. The van der Waals surface area contributed by atoms with Crippen molar-refractivity contribution in [3.05, 3.63) is 6.33 Å². The minimum Gasteiger partial charge on any atom is -0.368 e. The second-order valence-electron chi connectivity index (χ2n) is 5.16. The number of nitrogens with one attached hydrogen (secondary N) is 1. The van der Waals surface area contributed by atoms with Crippen molar-refractivity contribution < 1.29 is 19.1 Å². The largest absolute Gasteiger partial charge is 0.368 e. The lowest BCUT2D eigenvalue weighted by Crippen LogP contribution is -2.09. The molecule has 2 aromatic heterocycles. The zero-order valence-electron chi connectivity index (χ0n) is 11.7. The van der Waals surface area contributed by atoms with Gasteiger partial charge in [-0.15, -0.1) is 0 Å². The molecule has 1 aliphatic rings. The van der Waals surface area contributed by atoms with Crippen molar-refractivity contribution in [3.63, 3.8) is 0 Å². The summed E-state index contributed by atoms with van der Waals surface area (Å²) in [5, 5.41) is 3.26. The number of nitrogen functional groups attached to an aromatic ring is 1. The summed E-state index contributed by atoms with van der Waals surface area (Å²) in [7, 11) is -4.15. The molecule has 1 aliphatic carbocycles. The Kier molecular flexibility index (Phi) is 4.00. The van der Waals surface area contributed by atoms with Crippen LogP contribution in [0.3, 0.4) is 0 Å². The van der Waals surface area contributed by atoms with Gasteiger partial charge in [-0.3, -0.25) is 4.57 Å². The summed E-state index contributed by atoms with van der Waals surface area (Å²) in [6.07, 6.45) is 3.17. The van der Waals surface area contributed by atoms with Crippen LogP contribution in [-0.4, -0.2) is 48.3 Å². The second-order valence-corrected chi connectivity index (χ2v) is 6.75. The van der Waals surface area contributed by atoms with Crippen LogP contribution >= 0.6 is 7.60 Å². The smallest absolute Gasteiger partial charge is 0.350 e. The fourth-order valence-corrected chi connectivity index (χ4v) is 2.36. The Balaban J connectivity index is 1.73. The first-order valence-corrected chi connectivity index (χ1v) is 8.59. The summed E-state index contributed by atoms with van der Waals surface area (Å²) in [6, 6.07) is 0.411. The molecule has 2 aromatic rings. The van der Waals surface area contributed by atoms with Crippen LogP contribution in [0.5, 0.6) is 0 Å². The van der Waals surface area contributed by atoms with E-state index in [4.69, 9.17) is 20.3 Å². The van der Waals surface area contributed by atoms with Crippen molar-refractivity contribution in [2.75, 3.05) is 24.0 Å². The van der Waals surface area contributed by atoms with Gasteiger partial charge in [0.2, 0.25) is 5.95 Å². The van der Waals surface area contributed by atoms with Crippen LogP contribution in [0.15, 0.2) is 6.33 Å². The van der Waals surface area contributed by atoms with Gasteiger partial charge in [-0.1, -0.05) is 0 Å². The number of hydrogen-bond donors (Lipinski definition) is 4. The Morgan fingerprint density at radius 1 is 1.45 bits per heavy atom. The van der Waals surface area contributed by atoms with Gasteiger partial charge in [-0.25, -0.2) is 4.98 Å². The molecule has 0 aromatic carbocycles. The maximum atomic E-state index is 10.7. The van der Waals surface area contributed by atoms with E-state index in [0.29, 0.717) is 29.6 Å². The highest BCUT2D eigenvalue weighted by molar-refractivity contribution is 7.51. The first kappa shape index (κ1) is 15.2. The topological polar surface area (TPSA) is 148 Å². The molecule has 10 nitrogen and oxygen atoms in total. The van der Waals surface area contributed by atoms with Crippen LogP contribution < -0.4 is 11.1 Å². The van der Waals surface area contributed by atoms with E-state index in [1.807, 2.05) is 0 Å². The Morgan fingerprint density at radius 3 is 2.91 bits per heavy atom. The van der Waals surface area contributed by atoms with Crippen LogP contribution in [0.4, 0.5) is 11.8 Å². The molecule has 1 fully saturated rings. The highest BCUT2D eigenvalue weighted by atomic mass is 31.2. The third-order valence-electron chi connectivity index (χ3n) is 3.14. The quantitative estimate of drug-likeness (QED) is 0.411. The van der Waals surface area contributed by atoms with E-state index in [2.05, 4.69) is 20.3 Å². The average molecular weight is 328 g/mol. The van der Waals surface area contributed by atoms with Gasteiger partial charge in [-0.2, -0.15) is 9.97 Å². The van der Waals surface area contributed by atoms with Crippen LogP contribution in [0, 0.1) is 0 Å². The van der Waals surface area contributed by atoms with Crippen molar-refractivity contribution in [3.8, 4) is 0 Å². The van der Waals surface area contributed by atoms with Crippen molar-refractivity contribution in [1.29, 1.82) is 0 Å². The molecule has 0 unspecified atom stereocenters. The lowest BCUT2D eigenvalue weighted by molar-refractivity contribution is 0.149. The third-order valence-corrected chi connectivity index (χ3v) is 3.65. The normalized spacial score (nSPS) is 15.4. The van der Waals surface area contributed by atoms with Crippen LogP contribution in [0.25, 0.3) is 11.2 Å². The number of rotatable bonds is 7. The molecule has 5 N–H and O–H groups in total. The molecule has 0 amide bonds. The minimum absolute atomic E-state index is 0.131. The van der Waals surface area contributed by atoms with E-state index < -0.39 is 13.9 Å². The average Bonchev–Trinajstić information content (AvgIpc) is 3.13. The summed E-state index contributed by atoms with van der Waals surface area (Å²) in [6.45, 7) is 0.488. The number of fused-ring (bicyclic) bond motifs is 1. The van der Waals surface area contributed by atoms with E-state index in [9.17, 15) is 4.57 Å². The monoisotopic (exact) mass is 328 g/mol. The Labute approximate surface area is 125 Å². The minimum atomic E-state index is -4.15. The fraction of sp³-hybridized carbons (Fsp3) is 0.545. The maximum absolute atomic E-state index is 10.7. The first-order chi connectivity index (χ1) is 10.4. The molecule has 0 saturated heterocycles. The molecule has 1 saturated carbocycles. The third kappa shape index (κ3) is 3.72. The first-order valence-electron chi connectivity index (χ1n) is 6.79. The number of hydrogen-bond acceptors (Lipinski definition) is 7. The molecular weight excluding hydrogens is 311 g/mol. The summed E-state index contributed by atoms with van der Waals surface area (Å²) in [5.74, 6) is 0.758. The molecule has 0 aliphatic heterocycles. The number of ether oxygens (including phenoxy) is 1. The van der Waals surface area contributed by atoms with Crippen LogP contribution in [0.1, 0.15) is 12.8 Å². The van der Waals surface area contributed by atoms with Gasteiger partial charge in [0.25, 0.3) is 0 Å². The van der Waals surface area contributed by atoms with Gasteiger partial charge in [0.15, 0.2) is 17.0 Å². The van der Waals surface area contributed by atoms with Gasteiger partial charge < -0.3 is 30.1 Å². The van der Waals surface area contributed by atoms with E-state index in [-0.39, 0.29) is 12.6 Å². The molecular formula is C11H17N6O4P. The second kappa shape index (κ2) is 5.81. The van der Waals surface area contributed by atoms with Gasteiger partial charge in [0.1, 0.15) is 6.35 Å². The highest BCUT2D eigenvalue weighted by Gasteiger charge is 2.23. The number of anilines is 2. The molecule has 0 atom stereocenters. The van der Waals surface area contributed by atoms with Crippen molar-refractivity contribution in [2.45, 2.75) is 25.4 Å². The Hall–Kier alpha value is -1.74. The predicted octanol–water partition coefficient (Wildman–Crippen LogP) is 0.135. The summed E-state index contributed by atoms with van der Waals surface area (Å²) >= 11 is 0. The standard InChI is InChI=1S/C11H17N6O4P/c12-11-15-9(14-7-1-2-7)8-10(16-11)17(5-13-8)3-4-21-6-22(18,19)20/h5,7H,1-4,6H2,(H2,18,19,20)(H3,12,14,15,16). The fourth-order valence-electron chi connectivity index (χ4n) is 1.99.